The van der Waals surface area contributed by atoms with Crippen molar-refractivity contribution in [3.05, 3.63) is 53.1 Å². The number of nitrogens with one attached hydrogen (secondary N) is 1. The van der Waals surface area contributed by atoms with Crippen LogP contribution in [0.2, 0.25) is 5.02 Å². The number of halogens is 1. The van der Waals surface area contributed by atoms with Crippen LogP contribution in [0, 0.1) is 0 Å². The molecule has 0 saturated carbocycles. The molecule has 0 amide bonds. The van der Waals surface area contributed by atoms with Gasteiger partial charge < -0.3 is 9.88 Å². The van der Waals surface area contributed by atoms with Gasteiger partial charge in [0.05, 0.1) is 5.02 Å². The lowest BCUT2D eigenvalue weighted by molar-refractivity contribution is 0.575. The molecule has 2 heterocycles. The minimum Gasteiger partial charge on any atom is -0.350 e. The number of rotatable bonds is 5. The fraction of sp³-hybridized carbons (Fsp3) is 0.357. The monoisotopic (exact) mass is 263 g/mol. The Bertz CT molecular complexity index is 503. The first-order valence-electron chi connectivity index (χ1n) is 6.16. The molecule has 1 atom stereocenters. The molecule has 1 N–H and O–H groups in total. The lowest BCUT2D eigenvalue weighted by Gasteiger charge is -2.11. The van der Waals surface area contributed by atoms with E-state index in [9.17, 15) is 0 Å². The molecule has 18 heavy (non-hydrogen) atoms. The molecule has 2 aromatic heterocycles. The molecule has 2 aromatic rings. The highest BCUT2D eigenvalue weighted by Crippen LogP contribution is 2.19. The second-order valence-electron chi connectivity index (χ2n) is 4.33. The molecule has 0 fully saturated rings. The van der Waals surface area contributed by atoms with Gasteiger partial charge in [-0.05, 0) is 36.7 Å². The average Bonchev–Trinajstić information content (AvgIpc) is 2.82. The third-order valence-electron chi connectivity index (χ3n) is 3.14. The van der Waals surface area contributed by atoms with E-state index < -0.39 is 0 Å². The topological polar surface area (TPSA) is 29.9 Å². The van der Waals surface area contributed by atoms with Gasteiger partial charge in [0.15, 0.2) is 0 Å². The predicted octanol–water partition coefficient (Wildman–Crippen LogP) is 3.26. The van der Waals surface area contributed by atoms with Gasteiger partial charge in [-0.3, -0.25) is 4.98 Å². The van der Waals surface area contributed by atoms with Crippen molar-refractivity contribution in [1.82, 2.24) is 14.9 Å². The van der Waals surface area contributed by atoms with Crippen LogP contribution in [0.4, 0.5) is 0 Å². The van der Waals surface area contributed by atoms with Crippen LogP contribution >= 0.6 is 11.6 Å². The molecule has 0 saturated heterocycles. The number of pyridine rings is 1. The van der Waals surface area contributed by atoms with Crippen molar-refractivity contribution in [2.24, 2.45) is 0 Å². The van der Waals surface area contributed by atoms with Crippen molar-refractivity contribution < 1.29 is 0 Å². The lowest BCUT2D eigenvalue weighted by Crippen LogP contribution is -2.14. The molecule has 0 aliphatic carbocycles. The number of nitrogens with zero attached hydrogens (tertiary/aromatic N) is 2. The van der Waals surface area contributed by atoms with E-state index in [0.717, 1.165) is 18.5 Å². The van der Waals surface area contributed by atoms with E-state index in [0.29, 0.717) is 11.1 Å². The van der Waals surface area contributed by atoms with E-state index in [2.05, 4.69) is 40.3 Å². The molecule has 0 spiro atoms. The maximum atomic E-state index is 6.11. The molecule has 0 aliphatic rings. The molecule has 3 nitrogen and oxygen atoms in total. The summed E-state index contributed by atoms with van der Waals surface area (Å²) in [7, 11) is 1.99. The van der Waals surface area contributed by atoms with Gasteiger partial charge in [0.25, 0.3) is 0 Å². The fourth-order valence-electron chi connectivity index (χ4n) is 2.10. The van der Waals surface area contributed by atoms with Gasteiger partial charge in [0.1, 0.15) is 0 Å². The van der Waals surface area contributed by atoms with E-state index in [-0.39, 0.29) is 0 Å². The van der Waals surface area contributed by atoms with Crippen molar-refractivity contribution in [2.45, 2.75) is 25.9 Å². The first-order valence-corrected chi connectivity index (χ1v) is 6.53. The lowest BCUT2D eigenvalue weighted by atomic mass is 10.1. The summed E-state index contributed by atoms with van der Waals surface area (Å²) in [5.74, 6) is 0. The Balaban J connectivity index is 2.14. The summed E-state index contributed by atoms with van der Waals surface area (Å²) in [4.78, 5) is 4.00. The van der Waals surface area contributed by atoms with Crippen molar-refractivity contribution in [3.8, 4) is 0 Å². The van der Waals surface area contributed by atoms with Crippen LogP contribution in [0.5, 0.6) is 0 Å². The van der Waals surface area contributed by atoms with E-state index >= 15 is 0 Å². The van der Waals surface area contributed by atoms with Crippen LogP contribution in [0.25, 0.3) is 0 Å². The fourth-order valence-corrected chi connectivity index (χ4v) is 2.28. The van der Waals surface area contributed by atoms with Gasteiger partial charge in [0, 0.05) is 37.4 Å². The molecular weight excluding hydrogens is 246 g/mol. The summed E-state index contributed by atoms with van der Waals surface area (Å²) in [6, 6.07) is 4.52. The van der Waals surface area contributed by atoms with Gasteiger partial charge in [-0.25, -0.2) is 0 Å². The van der Waals surface area contributed by atoms with E-state index in [1.54, 1.807) is 12.4 Å². The van der Waals surface area contributed by atoms with Gasteiger partial charge in [-0.1, -0.05) is 18.5 Å². The highest BCUT2D eigenvalue weighted by molar-refractivity contribution is 6.31. The second-order valence-corrected chi connectivity index (χ2v) is 4.74. The third-order valence-corrected chi connectivity index (χ3v) is 3.48. The standard InChI is InChI=1S/C14H18ClN3/c1-3-14(16-2)12-5-7-18(10-12)9-11-4-6-17-8-13(11)15/h4-8,10,14,16H,3,9H2,1-2H3. The Morgan fingerprint density at radius 2 is 2.28 bits per heavy atom. The average molecular weight is 264 g/mol. The minimum absolute atomic E-state index is 0.416. The summed E-state index contributed by atoms with van der Waals surface area (Å²) >= 11 is 6.11. The zero-order chi connectivity index (χ0) is 13.0. The number of hydrogen-bond donors (Lipinski definition) is 1. The van der Waals surface area contributed by atoms with Crippen LogP contribution in [0.15, 0.2) is 36.9 Å². The molecule has 0 aromatic carbocycles. The van der Waals surface area contributed by atoms with Crippen LogP contribution in [-0.2, 0) is 6.54 Å². The molecule has 0 aliphatic heterocycles. The molecule has 0 radical (unpaired) electrons. The van der Waals surface area contributed by atoms with E-state index in [1.165, 1.54) is 5.56 Å². The predicted molar refractivity (Wildman–Crippen MR) is 74.9 cm³/mol. The molecule has 0 bridgehead atoms. The molecule has 1 unspecified atom stereocenters. The Kier molecular flexibility index (Phi) is 4.39. The summed E-state index contributed by atoms with van der Waals surface area (Å²) in [6.07, 6.45) is 8.79. The van der Waals surface area contributed by atoms with Crippen LogP contribution in [0.1, 0.15) is 30.5 Å². The summed E-state index contributed by atoms with van der Waals surface area (Å²) in [6.45, 7) is 2.96. The zero-order valence-electron chi connectivity index (χ0n) is 10.7. The zero-order valence-corrected chi connectivity index (χ0v) is 11.5. The highest BCUT2D eigenvalue weighted by atomic mass is 35.5. The first kappa shape index (κ1) is 13.1. The van der Waals surface area contributed by atoms with E-state index in [1.807, 2.05) is 13.1 Å². The summed E-state index contributed by atoms with van der Waals surface area (Å²) < 4.78 is 2.15. The van der Waals surface area contributed by atoms with Crippen LogP contribution in [0.3, 0.4) is 0 Å². The van der Waals surface area contributed by atoms with Gasteiger partial charge in [0.2, 0.25) is 0 Å². The molecule has 96 valence electrons. The van der Waals surface area contributed by atoms with Crippen molar-refractivity contribution in [3.63, 3.8) is 0 Å². The maximum absolute atomic E-state index is 6.11. The highest BCUT2D eigenvalue weighted by Gasteiger charge is 2.08. The summed E-state index contributed by atoms with van der Waals surface area (Å²) in [5, 5.41) is 4.02. The Morgan fingerprint density at radius 1 is 1.44 bits per heavy atom. The Hall–Kier alpha value is -1.32. The van der Waals surface area contributed by atoms with Crippen LogP contribution < -0.4 is 5.32 Å². The Labute approximate surface area is 113 Å². The largest absolute Gasteiger partial charge is 0.350 e. The quantitative estimate of drug-likeness (QED) is 0.897. The summed E-state index contributed by atoms with van der Waals surface area (Å²) in [5.41, 5.74) is 2.40. The Morgan fingerprint density at radius 3 is 2.94 bits per heavy atom. The van der Waals surface area contributed by atoms with Gasteiger partial charge >= 0.3 is 0 Å². The second kappa shape index (κ2) is 6.03. The first-order chi connectivity index (χ1) is 8.74. The van der Waals surface area contributed by atoms with Crippen molar-refractivity contribution in [1.29, 1.82) is 0 Å². The molecule has 4 heteroatoms. The van der Waals surface area contributed by atoms with Gasteiger partial charge in [-0.2, -0.15) is 0 Å². The SMILES string of the molecule is CCC(NC)c1ccn(Cc2ccncc2Cl)c1. The smallest absolute Gasteiger partial charge is 0.0639 e. The van der Waals surface area contributed by atoms with Crippen LogP contribution in [-0.4, -0.2) is 16.6 Å². The van der Waals surface area contributed by atoms with E-state index in [4.69, 9.17) is 11.6 Å². The maximum Gasteiger partial charge on any atom is 0.0639 e. The van der Waals surface area contributed by atoms with Crippen molar-refractivity contribution >= 4 is 11.6 Å². The van der Waals surface area contributed by atoms with Gasteiger partial charge in [-0.15, -0.1) is 0 Å². The normalized spacial score (nSPS) is 12.6. The molecular formula is C14H18ClN3. The third kappa shape index (κ3) is 2.92. The number of hydrogen-bond acceptors (Lipinski definition) is 2. The van der Waals surface area contributed by atoms with Crippen molar-refractivity contribution in [2.75, 3.05) is 7.05 Å². The minimum atomic E-state index is 0.416. The number of aromatic nitrogens is 2. The molecule has 2 rings (SSSR count).